The van der Waals surface area contributed by atoms with Crippen LogP contribution in [-0.4, -0.2) is 46.4 Å². The Morgan fingerprint density at radius 1 is 0.917 bits per heavy atom. The van der Waals surface area contributed by atoms with Gasteiger partial charge >= 0.3 is 0 Å². The number of hydrogen-bond acceptors (Lipinski definition) is 7. The van der Waals surface area contributed by atoms with Crippen molar-refractivity contribution < 1.29 is 14.3 Å². The van der Waals surface area contributed by atoms with Crippen LogP contribution in [-0.2, 0) is 4.79 Å². The van der Waals surface area contributed by atoms with Crippen LogP contribution in [0.5, 0.6) is 11.5 Å². The molecule has 36 heavy (non-hydrogen) atoms. The molecule has 0 saturated heterocycles. The number of carbonyl (C=O) groups excluding carboxylic acids is 1. The summed E-state index contributed by atoms with van der Waals surface area (Å²) in [5.41, 5.74) is 7.16. The second kappa shape index (κ2) is 11.5. The molecule has 184 valence electrons. The zero-order valence-electron chi connectivity index (χ0n) is 20.6. The minimum absolute atomic E-state index is 0.131. The van der Waals surface area contributed by atoms with E-state index >= 15 is 0 Å². The Hall–Kier alpha value is -4.11. The molecule has 1 N–H and O–H groups in total. The third kappa shape index (κ3) is 5.92. The molecule has 0 radical (unpaired) electrons. The number of thioether (sulfide) groups is 1. The number of ether oxygens (including phenoxy) is 2. The average molecular weight is 502 g/mol. The van der Waals surface area contributed by atoms with Crippen molar-refractivity contribution in [1.82, 2.24) is 20.2 Å². The number of hydrogen-bond donors (Lipinski definition) is 1. The first-order valence-corrected chi connectivity index (χ1v) is 12.2. The number of nitrogens with zero attached hydrogens (tertiary/aromatic N) is 4. The van der Waals surface area contributed by atoms with Crippen LogP contribution in [0.1, 0.15) is 18.1 Å². The third-order valence-electron chi connectivity index (χ3n) is 5.46. The first kappa shape index (κ1) is 25.0. The molecule has 0 aliphatic rings. The maximum Gasteiger partial charge on any atom is 0.250 e. The summed E-state index contributed by atoms with van der Waals surface area (Å²) in [5.74, 6) is 2.09. The summed E-state index contributed by atoms with van der Waals surface area (Å²) in [6.07, 6.45) is 0. The van der Waals surface area contributed by atoms with Gasteiger partial charge in [-0.3, -0.25) is 9.36 Å². The summed E-state index contributed by atoms with van der Waals surface area (Å²) in [7, 11) is 3.25. The van der Waals surface area contributed by atoms with Gasteiger partial charge in [0, 0.05) is 11.3 Å². The van der Waals surface area contributed by atoms with Crippen LogP contribution in [0.2, 0.25) is 0 Å². The number of methoxy groups -OCH3 is 2. The zero-order chi connectivity index (χ0) is 25.5. The second-order valence-corrected chi connectivity index (χ2v) is 8.90. The molecule has 0 unspecified atom stereocenters. The van der Waals surface area contributed by atoms with Crippen LogP contribution in [0, 0.1) is 6.92 Å². The van der Waals surface area contributed by atoms with Crippen LogP contribution in [0.3, 0.4) is 0 Å². The van der Waals surface area contributed by atoms with Gasteiger partial charge in [0.2, 0.25) is 0 Å². The molecule has 0 bridgehead atoms. The molecule has 0 aliphatic carbocycles. The maximum atomic E-state index is 12.6. The van der Waals surface area contributed by atoms with E-state index in [4.69, 9.17) is 9.47 Å². The molecule has 1 amide bonds. The molecule has 0 fully saturated rings. The Balaban J connectivity index is 1.51. The number of benzene rings is 3. The Morgan fingerprint density at radius 3 is 2.14 bits per heavy atom. The van der Waals surface area contributed by atoms with E-state index in [1.807, 2.05) is 91.2 Å². The smallest absolute Gasteiger partial charge is 0.250 e. The van der Waals surface area contributed by atoms with E-state index in [1.165, 1.54) is 11.8 Å². The van der Waals surface area contributed by atoms with Gasteiger partial charge in [-0.2, -0.15) is 5.10 Å². The van der Waals surface area contributed by atoms with E-state index in [0.717, 1.165) is 33.9 Å². The van der Waals surface area contributed by atoms with E-state index in [1.54, 1.807) is 14.2 Å². The number of carbonyl (C=O) groups is 1. The quantitative estimate of drug-likeness (QED) is 0.199. The molecule has 1 aromatic heterocycles. The largest absolute Gasteiger partial charge is 0.497 e. The SMILES string of the molecule is COc1ccc(C(C)=NNC(=O)CSc2nnc(-c3ccc(OC)cc3)n2-c2ccc(C)cc2)cc1. The highest BCUT2D eigenvalue weighted by Crippen LogP contribution is 2.29. The van der Waals surface area contributed by atoms with E-state index in [-0.39, 0.29) is 11.7 Å². The first-order valence-electron chi connectivity index (χ1n) is 11.3. The van der Waals surface area contributed by atoms with Crippen molar-refractivity contribution in [2.75, 3.05) is 20.0 Å². The molecule has 9 heteroatoms. The fraction of sp³-hybridized carbons (Fsp3) is 0.185. The molecule has 0 atom stereocenters. The van der Waals surface area contributed by atoms with Crippen molar-refractivity contribution in [3.63, 3.8) is 0 Å². The fourth-order valence-electron chi connectivity index (χ4n) is 3.42. The standard InChI is InChI=1S/C27H27N5O3S/c1-18-5-11-22(12-6-18)32-26(21-9-15-24(35-4)16-10-21)30-31-27(32)36-17-25(33)29-28-19(2)20-7-13-23(34-3)14-8-20/h5-16H,17H2,1-4H3,(H,29,33). The van der Waals surface area contributed by atoms with Crippen LogP contribution < -0.4 is 14.9 Å². The molecule has 3 aromatic carbocycles. The predicted molar refractivity (Wildman–Crippen MR) is 142 cm³/mol. The lowest BCUT2D eigenvalue weighted by Gasteiger charge is -2.11. The highest BCUT2D eigenvalue weighted by molar-refractivity contribution is 7.99. The van der Waals surface area contributed by atoms with E-state index in [2.05, 4.69) is 20.7 Å². The summed E-state index contributed by atoms with van der Waals surface area (Å²) in [6, 6.07) is 23.2. The fourth-order valence-corrected chi connectivity index (χ4v) is 4.17. The number of aryl methyl sites for hydroxylation is 1. The minimum Gasteiger partial charge on any atom is -0.497 e. The summed E-state index contributed by atoms with van der Waals surface area (Å²) in [6.45, 7) is 3.87. The summed E-state index contributed by atoms with van der Waals surface area (Å²) >= 11 is 1.30. The highest BCUT2D eigenvalue weighted by Gasteiger charge is 2.17. The highest BCUT2D eigenvalue weighted by atomic mass is 32.2. The van der Waals surface area contributed by atoms with Crippen molar-refractivity contribution in [1.29, 1.82) is 0 Å². The molecule has 4 rings (SSSR count). The lowest BCUT2D eigenvalue weighted by molar-refractivity contribution is -0.118. The van der Waals surface area contributed by atoms with Crippen molar-refractivity contribution in [2.24, 2.45) is 5.10 Å². The van der Waals surface area contributed by atoms with Crippen LogP contribution in [0.4, 0.5) is 0 Å². The topological polar surface area (TPSA) is 90.6 Å². The van der Waals surface area contributed by atoms with Gasteiger partial charge in [0.05, 0.1) is 25.7 Å². The molecule has 0 spiro atoms. The minimum atomic E-state index is -0.239. The van der Waals surface area contributed by atoms with Gasteiger partial charge in [-0.15, -0.1) is 10.2 Å². The van der Waals surface area contributed by atoms with Crippen molar-refractivity contribution in [3.05, 3.63) is 83.9 Å². The van der Waals surface area contributed by atoms with Gasteiger partial charge in [0.1, 0.15) is 11.5 Å². The van der Waals surface area contributed by atoms with Crippen LogP contribution in [0.25, 0.3) is 17.1 Å². The number of amides is 1. The van der Waals surface area contributed by atoms with Crippen molar-refractivity contribution >= 4 is 23.4 Å². The molecular formula is C27H27N5O3S. The van der Waals surface area contributed by atoms with Gasteiger partial charge in [-0.25, -0.2) is 5.43 Å². The Bertz CT molecular complexity index is 1350. The van der Waals surface area contributed by atoms with Gasteiger partial charge < -0.3 is 9.47 Å². The summed E-state index contributed by atoms with van der Waals surface area (Å²) in [5, 5.41) is 13.6. The lowest BCUT2D eigenvalue weighted by atomic mass is 10.1. The number of aromatic nitrogens is 3. The van der Waals surface area contributed by atoms with E-state index in [9.17, 15) is 4.79 Å². The Kier molecular flexibility index (Phi) is 8.02. The van der Waals surface area contributed by atoms with E-state index < -0.39 is 0 Å². The van der Waals surface area contributed by atoms with Gasteiger partial charge in [0.15, 0.2) is 11.0 Å². The van der Waals surface area contributed by atoms with E-state index in [0.29, 0.717) is 16.7 Å². The molecule has 0 aliphatic heterocycles. The number of hydrazone groups is 1. The summed E-state index contributed by atoms with van der Waals surface area (Å²) < 4.78 is 12.4. The maximum absolute atomic E-state index is 12.6. The van der Waals surface area contributed by atoms with Crippen molar-refractivity contribution in [3.8, 4) is 28.6 Å². The molecule has 4 aromatic rings. The molecule has 0 saturated carbocycles. The second-order valence-electron chi connectivity index (χ2n) is 7.96. The molecular weight excluding hydrogens is 474 g/mol. The first-order chi connectivity index (χ1) is 17.5. The average Bonchev–Trinajstić information content (AvgIpc) is 3.35. The van der Waals surface area contributed by atoms with Gasteiger partial charge in [0.25, 0.3) is 5.91 Å². The third-order valence-corrected chi connectivity index (χ3v) is 6.39. The normalized spacial score (nSPS) is 11.3. The lowest BCUT2D eigenvalue weighted by Crippen LogP contribution is -2.21. The van der Waals surface area contributed by atoms with Gasteiger partial charge in [-0.1, -0.05) is 29.5 Å². The Morgan fingerprint density at radius 2 is 1.53 bits per heavy atom. The summed E-state index contributed by atoms with van der Waals surface area (Å²) in [4.78, 5) is 12.6. The predicted octanol–water partition coefficient (Wildman–Crippen LogP) is 4.89. The molecule has 8 nitrogen and oxygen atoms in total. The number of rotatable bonds is 9. The Labute approximate surface area is 214 Å². The monoisotopic (exact) mass is 501 g/mol. The van der Waals surface area contributed by atoms with Crippen LogP contribution >= 0.6 is 11.8 Å². The van der Waals surface area contributed by atoms with Gasteiger partial charge in [-0.05, 0) is 80.1 Å². The zero-order valence-corrected chi connectivity index (χ0v) is 21.4. The van der Waals surface area contributed by atoms with Crippen molar-refractivity contribution in [2.45, 2.75) is 19.0 Å². The van der Waals surface area contributed by atoms with Crippen LogP contribution in [0.15, 0.2) is 83.1 Å². The molecule has 1 heterocycles. The number of nitrogens with one attached hydrogen (secondary N) is 1.